The molecular formula is C13H10O3. The zero-order chi connectivity index (χ0) is 11.5. The number of ketones is 2. The SMILES string of the molecule is COc1ccc(C2=CC(=O)C(=O)C=C2)cc1. The molecular weight excluding hydrogens is 204 g/mol. The highest BCUT2D eigenvalue weighted by atomic mass is 16.5. The third kappa shape index (κ3) is 1.93. The summed E-state index contributed by atoms with van der Waals surface area (Å²) in [5.41, 5.74) is 1.63. The van der Waals surface area contributed by atoms with Gasteiger partial charge in [-0.2, -0.15) is 0 Å². The lowest BCUT2D eigenvalue weighted by Gasteiger charge is -2.06. The summed E-state index contributed by atoms with van der Waals surface area (Å²) in [6, 6.07) is 7.31. The number of hydrogen-bond acceptors (Lipinski definition) is 3. The van der Waals surface area contributed by atoms with Crippen molar-refractivity contribution >= 4 is 17.1 Å². The molecule has 3 heteroatoms. The van der Waals surface area contributed by atoms with E-state index in [-0.39, 0.29) is 0 Å². The smallest absolute Gasteiger partial charge is 0.226 e. The minimum absolute atomic E-state index is 0.475. The van der Waals surface area contributed by atoms with Crippen molar-refractivity contribution in [1.29, 1.82) is 0 Å². The van der Waals surface area contributed by atoms with Gasteiger partial charge in [-0.25, -0.2) is 0 Å². The van der Waals surface area contributed by atoms with E-state index < -0.39 is 11.6 Å². The van der Waals surface area contributed by atoms with E-state index in [0.717, 1.165) is 16.9 Å². The normalized spacial score (nSPS) is 14.9. The predicted molar refractivity (Wildman–Crippen MR) is 60.1 cm³/mol. The van der Waals surface area contributed by atoms with Gasteiger partial charge in [-0.3, -0.25) is 9.59 Å². The number of allylic oxidation sites excluding steroid dienone is 4. The molecule has 3 nitrogen and oxygen atoms in total. The Balaban J connectivity index is 2.31. The third-order valence-electron chi connectivity index (χ3n) is 2.37. The van der Waals surface area contributed by atoms with Crippen molar-refractivity contribution in [2.75, 3.05) is 7.11 Å². The van der Waals surface area contributed by atoms with E-state index >= 15 is 0 Å². The standard InChI is InChI=1S/C13H10O3/c1-16-11-5-2-9(3-6-11)10-4-7-12(14)13(15)8-10/h2-8H,1H3. The van der Waals surface area contributed by atoms with Crippen molar-refractivity contribution in [2.45, 2.75) is 0 Å². The number of carbonyl (C=O) groups excluding carboxylic acids is 2. The first-order chi connectivity index (χ1) is 7.70. The van der Waals surface area contributed by atoms with Crippen molar-refractivity contribution in [2.24, 2.45) is 0 Å². The molecule has 1 aromatic carbocycles. The highest BCUT2D eigenvalue weighted by Crippen LogP contribution is 2.21. The third-order valence-corrected chi connectivity index (χ3v) is 2.37. The Hall–Kier alpha value is -2.16. The molecule has 16 heavy (non-hydrogen) atoms. The van der Waals surface area contributed by atoms with Gasteiger partial charge in [0.2, 0.25) is 11.6 Å². The summed E-state index contributed by atoms with van der Waals surface area (Å²) in [6.07, 6.45) is 4.29. The van der Waals surface area contributed by atoms with E-state index in [1.165, 1.54) is 12.2 Å². The summed E-state index contributed by atoms with van der Waals surface area (Å²) < 4.78 is 5.04. The van der Waals surface area contributed by atoms with Crippen LogP contribution in [0.2, 0.25) is 0 Å². The van der Waals surface area contributed by atoms with Crippen LogP contribution in [-0.4, -0.2) is 18.7 Å². The van der Waals surface area contributed by atoms with Crippen molar-refractivity contribution in [3.63, 3.8) is 0 Å². The van der Waals surface area contributed by atoms with Gasteiger partial charge < -0.3 is 4.74 Å². The summed E-state index contributed by atoms with van der Waals surface area (Å²) >= 11 is 0. The maximum atomic E-state index is 11.2. The van der Waals surface area contributed by atoms with Gasteiger partial charge in [-0.1, -0.05) is 18.2 Å². The average molecular weight is 214 g/mol. The van der Waals surface area contributed by atoms with E-state index in [0.29, 0.717) is 0 Å². The molecule has 0 saturated heterocycles. The average Bonchev–Trinajstić information content (AvgIpc) is 2.33. The lowest BCUT2D eigenvalue weighted by atomic mass is 9.98. The molecule has 0 unspecified atom stereocenters. The first-order valence-electron chi connectivity index (χ1n) is 4.83. The molecule has 1 aliphatic rings. The first kappa shape index (κ1) is 10.4. The summed E-state index contributed by atoms with van der Waals surface area (Å²) in [5, 5.41) is 0. The van der Waals surface area contributed by atoms with Crippen LogP contribution in [0.3, 0.4) is 0 Å². The topological polar surface area (TPSA) is 43.4 Å². The van der Waals surface area contributed by atoms with E-state index in [2.05, 4.69) is 0 Å². The number of hydrogen-bond donors (Lipinski definition) is 0. The quantitative estimate of drug-likeness (QED) is 0.556. The van der Waals surface area contributed by atoms with Gasteiger partial charge >= 0.3 is 0 Å². The summed E-state index contributed by atoms with van der Waals surface area (Å²) in [4.78, 5) is 22.2. The maximum absolute atomic E-state index is 11.2. The maximum Gasteiger partial charge on any atom is 0.226 e. The van der Waals surface area contributed by atoms with Gasteiger partial charge in [0, 0.05) is 0 Å². The van der Waals surface area contributed by atoms with Crippen LogP contribution in [0, 0.1) is 0 Å². The van der Waals surface area contributed by atoms with Crippen molar-refractivity contribution in [3.8, 4) is 5.75 Å². The highest BCUT2D eigenvalue weighted by molar-refractivity contribution is 6.48. The van der Waals surface area contributed by atoms with Crippen molar-refractivity contribution in [3.05, 3.63) is 48.1 Å². The van der Waals surface area contributed by atoms with E-state index in [9.17, 15) is 9.59 Å². The molecule has 0 bridgehead atoms. The number of benzene rings is 1. The second kappa shape index (κ2) is 4.14. The van der Waals surface area contributed by atoms with Gasteiger partial charge in [-0.15, -0.1) is 0 Å². The van der Waals surface area contributed by atoms with Crippen LogP contribution in [0.25, 0.3) is 5.57 Å². The van der Waals surface area contributed by atoms with Crippen LogP contribution in [0.4, 0.5) is 0 Å². The molecule has 0 fully saturated rings. The minimum Gasteiger partial charge on any atom is -0.497 e. The molecule has 0 amide bonds. The number of methoxy groups -OCH3 is 1. The van der Waals surface area contributed by atoms with Gasteiger partial charge in [-0.05, 0) is 35.4 Å². The molecule has 0 heterocycles. The molecule has 0 saturated carbocycles. The number of rotatable bonds is 2. The van der Waals surface area contributed by atoms with Gasteiger partial charge in [0.1, 0.15) is 5.75 Å². The van der Waals surface area contributed by atoms with Crippen LogP contribution in [0.15, 0.2) is 42.5 Å². The lowest BCUT2D eigenvalue weighted by Crippen LogP contribution is -2.11. The molecule has 0 atom stereocenters. The number of ether oxygens (including phenoxy) is 1. The largest absolute Gasteiger partial charge is 0.497 e. The van der Waals surface area contributed by atoms with E-state index in [1.807, 2.05) is 24.3 Å². The van der Waals surface area contributed by atoms with E-state index in [4.69, 9.17) is 4.74 Å². The molecule has 0 aromatic heterocycles. The van der Waals surface area contributed by atoms with E-state index in [1.54, 1.807) is 13.2 Å². The molecule has 80 valence electrons. The fraction of sp³-hybridized carbons (Fsp3) is 0.0769. The molecule has 0 spiro atoms. The predicted octanol–water partition coefficient (Wildman–Crippen LogP) is 1.79. The summed E-state index contributed by atoms with van der Waals surface area (Å²) in [6.45, 7) is 0. The van der Waals surface area contributed by atoms with Crippen LogP contribution in [-0.2, 0) is 9.59 Å². The molecule has 0 radical (unpaired) electrons. The Bertz CT molecular complexity index is 492. The second-order valence-electron chi connectivity index (χ2n) is 3.39. The molecule has 2 rings (SSSR count). The van der Waals surface area contributed by atoms with Crippen LogP contribution >= 0.6 is 0 Å². The zero-order valence-corrected chi connectivity index (χ0v) is 8.77. The van der Waals surface area contributed by atoms with Crippen LogP contribution < -0.4 is 4.74 Å². The van der Waals surface area contributed by atoms with Crippen molar-refractivity contribution < 1.29 is 14.3 Å². The molecule has 0 aliphatic heterocycles. The van der Waals surface area contributed by atoms with Crippen LogP contribution in [0.5, 0.6) is 5.75 Å². The van der Waals surface area contributed by atoms with Gasteiger partial charge in [0.15, 0.2) is 0 Å². The van der Waals surface area contributed by atoms with Crippen molar-refractivity contribution in [1.82, 2.24) is 0 Å². The van der Waals surface area contributed by atoms with Gasteiger partial charge in [0.05, 0.1) is 7.11 Å². The minimum atomic E-state index is -0.478. The van der Waals surface area contributed by atoms with Crippen LogP contribution in [0.1, 0.15) is 5.56 Å². The Morgan fingerprint density at radius 1 is 0.938 bits per heavy atom. The van der Waals surface area contributed by atoms with Gasteiger partial charge in [0.25, 0.3) is 0 Å². The summed E-state index contributed by atoms with van der Waals surface area (Å²) in [7, 11) is 1.59. The summed E-state index contributed by atoms with van der Waals surface area (Å²) in [5.74, 6) is -0.197. The fourth-order valence-corrected chi connectivity index (χ4v) is 1.47. The Morgan fingerprint density at radius 3 is 2.19 bits per heavy atom. The fourth-order valence-electron chi connectivity index (χ4n) is 1.47. The Kier molecular flexibility index (Phi) is 2.68. The lowest BCUT2D eigenvalue weighted by molar-refractivity contribution is -0.131. The molecule has 0 N–H and O–H groups in total. The Labute approximate surface area is 93.0 Å². The zero-order valence-electron chi connectivity index (χ0n) is 8.77. The number of carbonyl (C=O) groups is 2. The monoisotopic (exact) mass is 214 g/mol. The molecule has 1 aromatic rings. The first-order valence-corrected chi connectivity index (χ1v) is 4.83. The highest BCUT2D eigenvalue weighted by Gasteiger charge is 2.13. The molecule has 1 aliphatic carbocycles. The second-order valence-corrected chi connectivity index (χ2v) is 3.39. The Morgan fingerprint density at radius 2 is 1.62 bits per heavy atom.